The van der Waals surface area contributed by atoms with E-state index >= 15 is 0 Å². The molecule has 0 bridgehead atoms. The zero-order valence-electron chi connectivity index (χ0n) is 14.2. The van der Waals surface area contributed by atoms with Gasteiger partial charge in [0.15, 0.2) is 0 Å². The number of urea groups is 1. The van der Waals surface area contributed by atoms with Crippen molar-refractivity contribution in [2.24, 2.45) is 0 Å². The molecule has 1 aromatic carbocycles. The minimum absolute atomic E-state index is 0.0403. The van der Waals surface area contributed by atoms with Crippen LogP contribution >= 0.6 is 0 Å². The van der Waals surface area contributed by atoms with Crippen molar-refractivity contribution in [2.75, 3.05) is 23.7 Å². The van der Waals surface area contributed by atoms with Crippen molar-refractivity contribution in [1.82, 2.24) is 9.88 Å². The Morgan fingerprint density at radius 1 is 1.04 bits per heavy atom. The smallest absolute Gasteiger partial charge is 0.321 e. The molecule has 2 heterocycles. The van der Waals surface area contributed by atoms with Crippen LogP contribution in [0.5, 0.6) is 0 Å². The van der Waals surface area contributed by atoms with Gasteiger partial charge in [-0.2, -0.15) is 0 Å². The van der Waals surface area contributed by atoms with Crippen LogP contribution in [0.4, 0.5) is 20.6 Å². The van der Waals surface area contributed by atoms with E-state index in [1.807, 2.05) is 29.2 Å². The molecule has 1 aromatic heterocycles. The lowest BCUT2D eigenvalue weighted by atomic mass is 10.2. The minimum Gasteiger partial charge on any atom is -0.381 e. The Balaban J connectivity index is 1.53. The van der Waals surface area contributed by atoms with Crippen LogP contribution in [0.3, 0.4) is 0 Å². The number of aromatic nitrogens is 1. The second kappa shape index (κ2) is 8.46. The summed E-state index contributed by atoms with van der Waals surface area (Å²) in [5.41, 5.74) is 2.19. The number of rotatable bonds is 4. The van der Waals surface area contributed by atoms with Crippen molar-refractivity contribution < 1.29 is 9.18 Å². The highest BCUT2D eigenvalue weighted by Gasteiger charge is 2.15. The number of anilines is 2. The number of hydrogen-bond donors (Lipinski definition) is 2. The van der Waals surface area contributed by atoms with Crippen LogP contribution in [0.2, 0.25) is 0 Å². The quantitative estimate of drug-likeness (QED) is 0.874. The van der Waals surface area contributed by atoms with Crippen LogP contribution in [-0.4, -0.2) is 29.0 Å². The fraction of sp³-hybridized carbons (Fsp3) is 0.368. The van der Waals surface area contributed by atoms with Gasteiger partial charge in [0.2, 0.25) is 0 Å². The largest absolute Gasteiger partial charge is 0.381 e. The Labute approximate surface area is 147 Å². The van der Waals surface area contributed by atoms with E-state index in [9.17, 15) is 9.18 Å². The number of hydrogen-bond acceptors (Lipinski definition) is 3. The second-order valence-electron chi connectivity index (χ2n) is 6.23. The van der Waals surface area contributed by atoms with Crippen LogP contribution in [-0.2, 0) is 6.54 Å². The molecule has 0 aliphatic carbocycles. The number of nitrogens with one attached hydrogen (secondary N) is 2. The fourth-order valence-corrected chi connectivity index (χ4v) is 2.89. The first-order valence-corrected chi connectivity index (χ1v) is 8.70. The van der Waals surface area contributed by atoms with Gasteiger partial charge in [-0.25, -0.2) is 9.18 Å². The van der Waals surface area contributed by atoms with Gasteiger partial charge in [0.05, 0.1) is 6.20 Å². The summed E-state index contributed by atoms with van der Waals surface area (Å²) in [5.74, 6) is -0.323. The van der Waals surface area contributed by atoms with Crippen molar-refractivity contribution in [3.05, 3.63) is 54.1 Å². The summed E-state index contributed by atoms with van der Waals surface area (Å²) in [7, 11) is 0. The molecular formula is C19H23FN4O. The van der Waals surface area contributed by atoms with Crippen LogP contribution in [0.25, 0.3) is 0 Å². The first-order chi connectivity index (χ1) is 12.2. The lowest BCUT2D eigenvalue weighted by Gasteiger charge is -2.20. The number of carbonyl (C=O) groups is 1. The molecule has 25 heavy (non-hydrogen) atoms. The lowest BCUT2D eigenvalue weighted by Crippen LogP contribution is -2.35. The third-order valence-corrected chi connectivity index (χ3v) is 4.37. The van der Waals surface area contributed by atoms with Gasteiger partial charge >= 0.3 is 6.03 Å². The van der Waals surface area contributed by atoms with Crippen molar-refractivity contribution >= 4 is 17.4 Å². The molecular weight excluding hydrogens is 319 g/mol. The van der Waals surface area contributed by atoms with E-state index in [0.29, 0.717) is 12.1 Å². The highest BCUT2D eigenvalue weighted by Crippen LogP contribution is 2.17. The Morgan fingerprint density at radius 3 is 2.40 bits per heavy atom. The molecule has 0 unspecified atom stereocenters. The molecule has 5 nitrogen and oxygen atoms in total. The summed E-state index contributed by atoms with van der Waals surface area (Å²) in [6.45, 7) is 2.03. The van der Waals surface area contributed by atoms with Crippen molar-refractivity contribution in [3.8, 4) is 0 Å². The van der Waals surface area contributed by atoms with E-state index in [1.54, 1.807) is 12.3 Å². The first-order valence-electron chi connectivity index (χ1n) is 8.70. The molecule has 2 amide bonds. The summed E-state index contributed by atoms with van der Waals surface area (Å²) in [6.07, 6.45) is 7.31. The number of nitrogens with zero attached hydrogens (tertiary/aromatic N) is 2. The van der Waals surface area contributed by atoms with E-state index in [4.69, 9.17) is 0 Å². The van der Waals surface area contributed by atoms with Crippen molar-refractivity contribution in [2.45, 2.75) is 32.2 Å². The lowest BCUT2D eigenvalue weighted by molar-refractivity contribution is 0.214. The van der Waals surface area contributed by atoms with Crippen LogP contribution in [0.15, 0.2) is 42.7 Å². The van der Waals surface area contributed by atoms with E-state index in [-0.39, 0.29) is 11.8 Å². The van der Waals surface area contributed by atoms with Crippen LogP contribution in [0.1, 0.15) is 31.2 Å². The predicted molar refractivity (Wildman–Crippen MR) is 97.0 cm³/mol. The Kier molecular flexibility index (Phi) is 5.82. The monoisotopic (exact) mass is 342 g/mol. The molecule has 0 atom stereocenters. The molecule has 1 fully saturated rings. The van der Waals surface area contributed by atoms with Gasteiger partial charge in [-0.3, -0.25) is 4.98 Å². The summed E-state index contributed by atoms with van der Waals surface area (Å²) in [6, 6.07) is 9.05. The normalized spacial score (nSPS) is 14.7. The summed E-state index contributed by atoms with van der Waals surface area (Å²) in [5, 5.41) is 6.10. The van der Waals surface area contributed by atoms with Gasteiger partial charge in [-0.05, 0) is 43.2 Å². The number of amides is 2. The molecule has 0 spiro atoms. The molecule has 3 rings (SSSR count). The maximum absolute atomic E-state index is 13.6. The Bertz CT molecular complexity index is 697. The zero-order chi connectivity index (χ0) is 17.5. The number of benzene rings is 1. The van der Waals surface area contributed by atoms with Gasteiger partial charge < -0.3 is 15.5 Å². The Morgan fingerprint density at radius 2 is 1.72 bits per heavy atom. The third kappa shape index (κ3) is 4.92. The van der Waals surface area contributed by atoms with E-state index in [1.165, 1.54) is 19.0 Å². The molecule has 132 valence electrons. The average Bonchev–Trinajstić information content (AvgIpc) is 2.92. The first kappa shape index (κ1) is 17.2. The van der Waals surface area contributed by atoms with E-state index < -0.39 is 0 Å². The van der Waals surface area contributed by atoms with Gasteiger partial charge in [-0.15, -0.1) is 0 Å². The molecule has 0 saturated carbocycles. The second-order valence-corrected chi connectivity index (χ2v) is 6.23. The zero-order valence-corrected chi connectivity index (χ0v) is 14.2. The maximum Gasteiger partial charge on any atom is 0.321 e. The molecule has 1 saturated heterocycles. The van der Waals surface area contributed by atoms with E-state index in [2.05, 4.69) is 15.6 Å². The van der Waals surface area contributed by atoms with Gasteiger partial charge in [-0.1, -0.05) is 12.8 Å². The van der Waals surface area contributed by atoms with E-state index in [0.717, 1.165) is 37.3 Å². The topological polar surface area (TPSA) is 57.3 Å². The van der Waals surface area contributed by atoms with Crippen LogP contribution < -0.4 is 10.6 Å². The van der Waals surface area contributed by atoms with Crippen molar-refractivity contribution in [3.63, 3.8) is 0 Å². The van der Waals surface area contributed by atoms with Crippen molar-refractivity contribution in [1.29, 1.82) is 0 Å². The van der Waals surface area contributed by atoms with Gasteiger partial charge in [0, 0.05) is 42.8 Å². The predicted octanol–water partition coefficient (Wildman–Crippen LogP) is 4.24. The highest BCUT2D eigenvalue weighted by atomic mass is 19.1. The van der Waals surface area contributed by atoms with Gasteiger partial charge in [0.25, 0.3) is 0 Å². The standard InChI is InChI=1S/C19H23FN4O/c20-18-14-21-10-9-15(18)13-22-16-5-7-17(8-6-16)23-19(25)24-11-3-1-2-4-12-24/h5-10,14,22H,1-4,11-13H2,(H,23,25). The van der Waals surface area contributed by atoms with Gasteiger partial charge in [0.1, 0.15) is 5.82 Å². The maximum atomic E-state index is 13.6. The molecule has 0 radical (unpaired) electrons. The average molecular weight is 342 g/mol. The minimum atomic E-state index is -0.323. The third-order valence-electron chi connectivity index (χ3n) is 4.37. The molecule has 1 aliphatic heterocycles. The van der Waals surface area contributed by atoms with Crippen LogP contribution in [0, 0.1) is 5.82 Å². The Hall–Kier alpha value is -2.63. The molecule has 2 aromatic rings. The number of carbonyl (C=O) groups excluding carboxylic acids is 1. The fourth-order valence-electron chi connectivity index (χ4n) is 2.89. The SMILES string of the molecule is O=C(Nc1ccc(NCc2ccncc2F)cc1)N1CCCCCC1. The molecule has 6 heteroatoms. The summed E-state index contributed by atoms with van der Waals surface area (Å²) < 4.78 is 13.6. The number of pyridine rings is 1. The summed E-state index contributed by atoms with van der Waals surface area (Å²) >= 11 is 0. The highest BCUT2D eigenvalue weighted by molar-refractivity contribution is 5.89. The number of halogens is 1. The number of likely N-dealkylation sites (tertiary alicyclic amines) is 1. The molecule has 2 N–H and O–H groups in total. The molecule has 1 aliphatic rings. The summed E-state index contributed by atoms with van der Waals surface area (Å²) in [4.78, 5) is 17.9.